The van der Waals surface area contributed by atoms with Crippen molar-refractivity contribution in [3.05, 3.63) is 150 Å². The Kier molecular flexibility index (Phi) is 9.13. The van der Waals surface area contributed by atoms with Crippen LogP contribution >= 0.6 is 0 Å². The number of nitrogens with zero attached hydrogens (tertiary/aromatic N) is 3. The van der Waals surface area contributed by atoms with Crippen LogP contribution in [0.4, 0.5) is 0 Å². The second-order valence-electron chi connectivity index (χ2n) is 11.8. The van der Waals surface area contributed by atoms with Crippen LogP contribution in [0.15, 0.2) is 114 Å². The minimum Gasteiger partial charge on any atom is -0.500 e. The van der Waals surface area contributed by atoms with E-state index < -0.39 is 0 Å². The Morgan fingerprint density at radius 2 is 1.43 bits per heavy atom. The third kappa shape index (κ3) is 6.25. The summed E-state index contributed by atoms with van der Waals surface area (Å²) in [6, 6.07) is 37.8. The fourth-order valence-electron chi connectivity index (χ4n) is 5.84. The molecule has 4 aromatic carbocycles. The Labute approximate surface area is 288 Å². The van der Waals surface area contributed by atoms with Crippen molar-refractivity contribution in [2.45, 2.75) is 34.6 Å². The number of rotatable bonds is 3. The number of hydrogen-bond acceptors (Lipinski definition) is 4. The van der Waals surface area contributed by atoms with Crippen molar-refractivity contribution >= 4 is 32.7 Å². The SMILES string of the molecule is Cc1ccc(-c2[c-]ccc3c2oc2c3ccc3ccnc(C)c32)nc1.Cc1cnc(-c2[c-]cc(C)c(-c3ccccc3)c2)cc1C.[Ir]. The largest absolute Gasteiger partial charge is 0.500 e. The average Bonchev–Trinajstić information content (AvgIpc) is 3.47. The molecule has 8 aromatic rings. The first-order valence-electron chi connectivity index (χ1n) is 15.4. The van der Waals surface area contributed by atoms with E-state index in [1.54, 1.807) is 0 Å². The van der Waals surface area contributed by atoms with E-state index in [0.29, 0.717) is 0 Å². The summed E-state index contributed by atoms with van der Waals surface area (Å²) in [7, 11) is 0. The number of furan rings is 1. The summed E-state index contributed by atoms with van der Waals surface area (Å²) in [4.78, 5) is 13.5. The van der Waals surface area contributed by atoms with Gasteiger partial charge in [0.05, 0.1) is 5.58 Å². The van der Waals surface area contributed by atoms with Gasteiger partial charge in [0.1, 0.15) is 5.58 Å². The van der Waals surface area contributed by atoms with Crippen molar-refractivity contribution < 1.29 is 24.5 Å². The number of aromatic nitrogens is 3. The molecule has 0 bridgehead atoms. The summed E-state index contributed by atoms with van der Waals surface area (Å²) in [5.74, 6) is 0. The topological polar surface area (TPSA) is 51.8 Å². The first-order valence-corrected chi connectivity index (χ1v) is 15.4. The van der Waals surface area contributed by atoms with E-state index in [4.69, 9.17) is 4.42 Å². The first kappa shape index (κ1) is 32.0. The fraction of sp³-hybridized carbons (Fsp3) is 0.119. The summed E-state index contributed by atoms with van der Waals surface area (Å²) in [6.07, 6.45) is 5.64. The predicted octanol–water partition coefficient (Wildman–Crippen LogP) is 10.8. The van der Waals surface area contributed by atoms with Gasteiger partial charge in [0, 0.05) is 55.2 Å². The number of hydrogen-bond donors (Lipinski definition) is 0. The zero-order chi connectivity index (χ0) is 31.8. The Balaban J connectivity index is 0.000000164. The molecule has 0 saturated heterocycles. The van der Waals surface area contributed by atoms with Crippen LogP contribution in [0.3, 0.4) is 0 Å². The van der Waals surface area contributed by atoms with E-state index >= 15 is 0 Å². The van der Waals surface area contributed by atoms with Gasteiger partial charge >= 0.3 is 0 Å². The van der Waals surface area contributed by atoms with Crippen LogP contribution in [0, 0.1) is 46.8 Å². The molecule has 0 atom stereocenters. The Hall–Kier alpha value is -4.96. The average molecular weight is 788 g/mol. The first-order chi connectivity index (χ1) is 22.4. The van der Waals surface area contributed by atoms with Gasteiger partial charge in [0.2, 0.25) is 0 Å². The maximum absolute atomic E-state index is 6.35. The number of benzene rings is 4. The molecular formula is C42H33IrN3O-2. The molecule has 4 nitrogen and oxygen atoms in total. The molecule has 0 fully saturated rings. The summed E-state index contributed by atoms with van der Waals surface area (Å²) in [6.45, 7) is 10.4. The van der Waals surface area contributed by atoms with E-state index in [2.05, 4.69) is 115 Å². The zero-order valence-electron chi connectivity index (χ0n) is 27.0. The Morgan fingerprint density at radius 1 is 0.638 bits per heavy atom. The smallest absolute Gasteiger partial charge is 0.130 e. The summed E-state index contributed by atoms with van der Waals surface area (Å²) in [5, 5.41) is 4.38. The summed E-state index contributed by atoms with van der Waals surface area (Å²) in [5.41, 5.74) is 13.8. The molecule has 8 rings (SSSR count). The molecule has 0 N–H and O–H groups in total. The number of pyridine rings is 3. The molecule has 0 unspecified atom stereocenters. The van der Waals surface area contributed by atoms with Crippen molar-refractivity contribution in [2.75, 3.05) is 0 Å². The molecular weight excluding hydrogens is 755 g/mol. The Morgan fingerprint density at radius 3 is 2.19 bits per heavy atom. The molecule has 4 heterocycles. The van der Waals surface area contributed by atoms with Crippen LogP contribution in [-0.2, 0) is 20.1 Å². The van der Waals surface area contributed by atoms with Crippen LogP contribution in [0.25, 0.3) is 66.4 Å². The molecule has 0 aliphatic rings. The maximum Gasteiger partial charge on any atom is 0.130 e. The monoisotopic (exact) mass is 788 g/mol. The van der Waals surface area contributed by atoms with Crippen molar-refractivity contribution in [1.82, 2.24) is 15.0 Å². The van der Waals surface area contributed by atoms with Crippen LogP contribution in [0.2, 0.25) is 0 Å². The molecule has 0 aliphatic heterocycles. The maximum atomic E-state index is 6.35. The molecule has 4 aromatic heterocycles. The van der Waals surface area contributed by atoms with E-state index in [1.807, 2.05) is 56.7 Å². The van der Waals surface area contributed by atoms with Crippen LogP contribution in [0.5, 0.6) is 0 Å². The van der Waals surface area contributed by atoms with Gasteiger partial charge in [-0.15, -0.1) is 47.5 Å². The van der Waals surface area contributed by atoms with Crippen molar-refractivity contribution in [3.8, 4) is 33.6 Å². The van der Waals surface area contributed by atoms with E-state index in [1.165, 1.54) is 27.8 Å². The standard InChI is InChI=1S/C22H15N2O.C20H18N.Ir/c1-13-6-9-19(24-12-13)18-5-3-4-16-17-8-7-15-10-11-23-14(2)20(15)22(17)25-21(16)18;1-14-9-10-18(20-11-15(2)16(3)13-21-20)12-19(14)17-7-5-4-6-8-17;/h3-4,6-12H,1-2H3;4-9,11-13H,1-3H3;/q2*-1;. The van der Waals surface area contributed by atoms with E-state index in [0.717, 1.165) is 66.5 Å². The summed E-state index contributed by atoms with van der Waals surface area (Å²) >= 11 is 0. The zero-order valence-corrected chi connectivity index (χ0v) is 29.4. The second kappa shape index (κ2) is 13.4. The van der Waals surface area contributed by atoms with Gasteiger partial charge in [-0.05, 0) is 67.2 Å². The van der Waals surface area contributed by atoms with Gasteiger partial charge in [0.15, 0.2) is 0 Å². The molecule has 0 saturated carbocycles. The van der Waals surface area contributed by atoms with Crippen LogP contribution in [0.1, 0.15) is 27.9 Å². The molecule has 0 amide bonds. The number of aryl methyl sites for hydroxylation is 5. The van der Waals surface area contributed by atoms with Crippen molar-refractivity contribution in [2.24, 2.45) is 0 Å². The van der Waals surface area contributed by atoms with E-state index in [9.17, 15) is 0 Å². The normalized spacial score (nSPS) is 10.9. The van der Waals surface area contributed by atoms with Crippen molar-refractivity contribution in [3.63, 3.8) is 0 Å². The molecule has 5 heteroatoms. The van der Waals surface area contributed by atoms with Gasteiger partial charge in [-0.1, -0.05) is 89.7 Å². The third-order valence-corrected chi connectivity index (χ3v) is 8.58. The van der Waals surface area contributed by atoms with Gasteiger partial charge in [-0.3, -0.25) is 4.98 Å². The van der Waals surface area contributed by atoms with Gasteiger partial charge in [0.25, 0.3) is 0 Å². The predicted molar refractivity (Wildman–Crippen MR) is 189 cm³/mol. The fourth-order valence-corrected chi connectivity index (χ4v) is 5.84. The van der Waals surface area contributed by atoms with Crippen molar-refractivity contribution in [1.29, 1.82) is 0 Å². The third-order valence-electron chi connectivity index (χ3n) is 8.58. The molecule has 0 aliphatic carbocycles. The minimum atomic E-state index is 0. The van der Waals surface area contributed by atoms with Crippen LogP contribution < -0.4 is 0 Å². The van der Waals surface area contributed by atoms with Crippen LogP contribution in [-0.4, -0.2) is 15.0 Å². The molecule has 47 heavy (non-hydrogen) atoms. The minimum absolute atomic E-state index is 0. The van der Waals surface area contributed by atoms with E-state index in [-0.39, 0.29) is 20.1 Å². The molecule has 1 radical (unpaired) electrons. The second-order valence-corrected chi connectivity index (χ2v) is 11.8. The van der Waals surface area contributed by atoms with Gasteiger partial charge < -0.3 is 14.4 Å². The molecule has 233 valence electrons. The number of fused-ring (bicyclic) bond motifs is 5. The Bertz CT molecular complexity index is 2360. The van der Waals surface area contributed by atoms with Gasteiger partial charge in [-0.25, -0.2) is 0 Å². The summed E-state index contributed by atoms with van der Waals surface area (Å²) < 4.78 is 6.35. The molecule has 0 spiro atoms. The quantitative estimate of drug-likeness (QED) is 0.167. The van der Waals surface area contributed by atoms with Gasteiger partial charge in [-0.2, -0.15) is 0 Å².